The SMILES string of the molecule is CCCNc1cncc(Oc2ccccc2)n1. The monoisotopic (exact) mass is 229 g/mol. The number of hydrogen-bond donors (Lipinski definition) is 1. The van der Waals surface area contributed by atoms with Gasteiger partial charge in [0.2, 0.25) is 5.88 Å². The summed E-state index contributed by atoms with van der Waals surface area (Å²) in [5.41, 5.74) is 0. The highest BCUT2D eigenvalue weighted by Crippen LogP contribution is 2.18. The maximum absolute atomic E-state index is 5.59. The van der Waals surface area contributed by atoms with E-state index in [1.165, 1.54) is 0 Å². The third kappa shape index (κ3) is 3.45. The topological polar surface area (TPSA) is 47.0 Å². The summed E-state index contributed by atoms with van der Waals surface area (Å²) in [4.78, 5) is 8.39. The zero-order chi connectivity index (χ0) is 11.9. The van der Waals surface area contributed by atoms with Crippen LogP contribution in [-0.4, -0.2) is 16.5 Å². The normalized spacial score (nSPS) is 9.94. The smallest absolute Gasteiger partial charge is 0.239 e. The van der Waals surface area contributed by atoms with Gasteiger partial charge in [0.25, 0.3) is 0 Å². The molecule has 0 aliphatic heterocycles. The van der Waals surface area contributed by atoms with Crippen LogP contribution in [0.1, 0.15) is 13.3 Å². The summed E-state index contributed by atoms with van der Waals surface area (Å²) in [6.45, 7) is 2.98. The van der Waals surface area contributed by atoms with Crippen LogP contribution >= 0.6 is 0 Å². The van der Waals surface area contributed by atoms with Crippen molar-refractivity contribution >= 4 is 5.82 Å². The molecule has 0 bridgehead atoms. The molecule has 0 saturated heterocycles. The first-order chi connectivity index (χ1) is 8.38. The number of nitrogens with zero attached hydrogens (tertiary/aromatic N) is 2. The molecule has 0 aliphatic rings. The number of benzene rings is 1. The third-order valence-corrected chi connectivity index (χ3v) is 2.13. The van der Waals surface area contributed by atoms with Gasteiger partial charge in [-0.15, -0.1) is 0 Å². The Labute approximate surface area is 101 Å². The Morgan fingerprint density at radius 2 is 2.00 bits per heavy atom. The predicted molar refractivity (Wildman–Crippen MR) is 67.3 cm³/mol. The first kappa shape index (κ1) is 11.4. The summed E-state index contributed by atoms with van der Waals surface area (Å²) in [6, 6.07) is 9.54. The van der Waals surface area contributed by atoms with Crippen LogP contribution in [-0.2, 0) is 0 Å². The van der Waals surface area contributed by atoms with Gasteiger partial charge in [-0.05, 0) is 18.6 Å². The average molecular weight is 229 g/mol. The second kappa shape index (κ2) is 5.84. The van der Waals surface area contributed by atoms with Gasteiger partial charge in [0.05, 0.1) is 12.4 Å². The van der Waals surface area contributed by atoms with Crippen molar-refractivity contribution in [1.29, 1.82) is 0 Å². The van der Waals surface area contributed by atoms with Crippen LogP contribution in [0.2, 0.25) is 0 Å². The largest absolute Gasteiger partial charge is 0.437 e. The van der Waals surface area contributed by atoms with Gasteiger partial charge >= 0.3 is 0 Å². The Bertz CT molecular complexity index is 459. The molecule has 2 rings (SSSR count). The van der Waals surface area contributed by atoms with E-state index in [4.69, 9.17) is 4.74 Å². The van der Waals surface area contributed by atoms with E-state index in [0.29, 0.717) is 5.88 Å². The number of anilines is 1. The van der Waals surface area contributed by atoms with Crippen molar-refractivity contribution in [3.8, 4) is 11.6 Å². The Balaban J connectivity index is 2.06. The highest BCUT2D eigenvalue weighted by molar-refractivity contribution is 5.34. The fraction of sp³-hybridized carbons (Fsp3) is 0.231. The Morgan fingerprint density at radius 1 is 1.18 bits per heavy atom. The molecule has 4 heteroatoms. The van der Waals surface area contributed by atoms with E-state index in [2.05, 4.69) is 22.2 Å². The molecule has 0 aliphatic carbocycles. The van der Waals surface area contributed by atoms with Gasteiger partial charge in [0.1, 0.15) is 11.6 Å². The van der Waals surface area contributed by atoms with Crippen LogP contribution in [0.15, 0.2) is 42.7 Å². The van der Waals surface area contributed by atoms with Crippen molar-refractivity contribution in [2.24, 2.45) is 0 Å². The number of hydrogen-bond acceptors (Lipinski definition) is 4. The van der Waals surface area contributed by atoms with E-state index >= 15 is 0 Å². The minimum absolute atomic E-state index is 0.498. The molecule has 88 valence electrons. The molecule has 1 aromatic carbocycles. The molecule has 4 nitrogen and oxygen atoms in total. The number of nitrogens with one attached hydrogen (secondary N) is 1. The Kier molecular flexibility index (Phi) is 3.91. The molecular formula is C13H15N3O. The lowest BCUT2D eigenvalue weighted by atomic mass is 10.3. The van der Waals surface area contributed by atoms with E-state index < -0.39 is 0 Å². The van der Waals surface area contributed by atoms with Crippen molar-refractivity contribution in [2.75, 3.05) is 11.9 Å². The molecule has 0 saturated carbocycles. The second-order valence-electron chi connectivity index (χ2n) is 3.58. The van der Waals surface area contributed by atoms with E-state index in [9.17, 15) is 0 Å². The molecule has 0 amide bonds. The van der Waals surface area contributed by atoms with Crippen molar-refractivity contribution in [1.82, 2.24) is 9.97 Å². The maximum atomic E-state index is 5.59. The fourth-order valence-electron chi connectivity index (χ4n) is 1.34. The molecule has 17 heavy (non-hydrogen) atoms. The summed E-state index contributed by atoms with van der Waals surface area (Å²) in [6.07, 6.45) is 4.34. The lowest BCUT2D eigenvalue weighted by Crippen LogP contribution is -2.02. The van der Waals surface area contributed by atoms with Gasteiger partial charge in [-0.1, -0.05) is 25.1 Å². The molecular weight excluding hydrogens is 214 g/mol. The summed E-state index contributed by atoms with van der Waals surface area (Å²) >= 11 is 0. The zero-order valence-electron chi connectivity index (χ0n) is 9.76. The highest BCUT2D eigenvalue weighted by atomic mass is 16.5. The molecule has 0 spiro atoms. The average Bonchev–Trinajstić information content (AvgIpc) is 2.38. The molecule has 1 N–H and O–H groups in total. The molecule has 1 aromatic heterocycles. The number of aromatic nitrogens is 2. The van der Waals surface area contributed by atoms with Crippen LogP contribution in [0.4, 0.5) is 5.82 Å². The number of ether oxygens (including phenoxy) is 1. The van der Waals surface area contributed by atoms with Crippen molar-refractivity contribution in [3.05, 3.63) is 42.7 Å². The first-order valence-electron chi connectivity index (χ1n) is 5.67. The third-order valence-electron chi connectivity index (χ3n) is 2.13. The standard InChI is InChI=1S/C13H15N3O/c1-2-8-15-12-9-14-10-13(16-12)17-11-6-4-3-5-7-11/h3-7,9-10H,2,8H2,1H3,(H,15,16). The van der Waals surface area contributed by atoms with E-state index in [1.54, 1.807) is 12.4 Å². The molecule has 0 atom stereocenters. The Hall–Kier alpha value is -2.10. The fourth-order valence-corrected chi connectivity index (χ4v) is 1.34. The van der Waals surface area contributed by atoms with Crippen molar-refractivity contribution < 1.29 is 4.74 Å². The zero-order valence-corrected chi connectivity index (χ0v) is 9.76. The van der Waals surface area contributed by atoms with Gasteiger partial charge in [-0.2, -0.15) is 4.98 Å². The van der Waals surface area contributed by atoms with Crippen molar-refractivity contribution in [2.45, 2.75) is 13.3 Å². The van der Waals surface area contributed by atoms with Gasteiger partial charge in [-0.3, -0.25) is 4.98 Å². The van der Waals surface area contributed by atoms with Crippen LogP contribution in [0.25, 0.3) is 0 Å². The minimum atomic E-state index is 0.498. The van der Waals surface area contributed by atoms with Gasteiger partial charge < -0.3 is 10.1 Å². The lowest BCUT2D eigenvalue weighted by molar-refractivity contribution is 0.461. The van der Waals surface area contributed by atoms with Gasteiger partial charge in [0, 0.05) is 6.54 Å². The van der Waals surface area contributed by atoms with Gasteiger partial charge in [-0.25, -0.2) is 0 Å². The summed E-state index contributed by atoms with van der Waals surface area (Å²) in [5, 5.41) is 3.17. The lowest BCUT2D eigenvalue weighted by Gasteiger charge is -2.06. The summed E-state index contributed by atoms with van der Waals surface area (Å²) in [5.74, 6) is 1.99. The van der Waals surface area contributed by atoms with Crippen LogP contribution in [0.5, 0.6) is 11.6 Å². The van der Waals surface area contributed by atoms with E-state index in [1.807, 2.05) is 30.3 Å². The highest BCUT2D eigenvalue weighted by Gasteiger charge is 2.00. The molecule has 0 fully saturated rings. The van der Waals surface area contributed by atoms with Crippen LogP contribution in [0.3, 0.4) is 0 Å². The first-order valence-corrected chi connectivity index (χ1v) is 5.67. The second-order valence-corrected chi connectivity index (χ2v) is 3.58. The Morgan fingerprint density at radius 3 is 2.76 bits per heavy atom. The van der Waals surface area contributed by atoms with Crippen molar-refractivity contribution in [3.63, 3.8) is 0 Å². The van der Waals surface area contributed by atoms with E-state index in [0.717, 1.165) is 24.5 Å². The van der Waals surface area contributed by atoms with Crippen LogP contribution < -0.4 is 10.1 Å². The quantitative estimate of drug-likeness (QED) is 0.855. The predicted octanol–water partition coefficient (Wildman–Crippen LogP) is 3.09. The molecule has 1 heterocycles. The molecule has 0 unspecified atom stereocenters. The number of para-hydroxylation sites is 1. The van der Waals surface area contributed by atoms with Gasteiger partial charge in [0.15, 0.2) is 0 Å². The summed E-state index contributed by atoms with van der Waals surface area (Å²) < 4.78 is 5.59. The van der Waals surface area contributed by atoms with E-state index in [-0.39, 0.29) is 0 Å². The molecule has 2 aromatic rings. The molecule has 0 radical (unpaired) electrons. The summed E-state index contributed by atoms with van der Waals surface area (Å²) in [7, 11) is 0. The maximum Gasteiger partial charge on any atom is 0.239 e. The van der Waals surface area contributed by atoms with Crippen LogP contribution in [0, 0.1) is 0 Å². The number of rotatable bonds is 5. The minimum Gasteiger partial charge on any atom is -0.437 e.